The fourth-order valence-corrected chi connectivity index (χ4v) is 1.57. The van der Waals surface area contributed by atoms with Gasteiger partial charge in [-0.15, -0.1) is 0 Å². The van der Waals surface area contributed by atoms with Crippen LogP contribution < -0.4 is 10.1 Å². The van der Waals surface area contributed by atoms with E-state index in [1.807, 2.05) is 24.3 Å². The summed E-state index contributed by atoms with van der Waals surface area (Å²) < 4.78 is 9.73. The highest BCUT2D eigenvalue weighted by Gasteiger charge is 2.07. The number of hydrogen-bond donors (Lipinski definition) is 1. The topological polar surface area (TPSA) is 64.4 Å². The SMILES string of the molecule is COc1cccc(CCNC(=O)c2ccon2)c1. The van der Waals surface area contributed by atoms with Gasteiger partial charge in [0.2, 0.25) is 0 Å². The van der Waals surface area contributed by atoms with Gasteiger partial charge in [0.15, 0.2) is 5.69 Å². The van der Waals surface area contributed by atoms with E-state index in [2.05, 4.69) is 15.0 Å². The van der Waals surface area contributed by atoms with Gasteiger partial charge in [-0.2, -0.15) is 0 Å². The average molecular weight is 246 g/mol. The smallest absolute Gasteiger partial charge is 0.273 e. The molecule has 2 aromatic rings. The largest absolute Gasteiger partial charge is 0.497 e. The molecule has 1 heterocycles. The van der Waals surface area contributed by atoms with Crippen LogP contribution in [0.2, 0.25) is 0 Å². The molecule has 1 amide bonds. The molecule has 0 saturated carbocycles. The van der Waals surface area contributed by atoms with Gasteiger partial charge >= 0.3 is 0 Å². The van der Waals surface area contributed by atoms with Crippen molar-refractivity contribution in [2.24, 2.45) is 0 Å². The number of aromatic nitrogens is 1. The van der Waals surface area contributed by atoms with Crippen molar-refractivity contribution >= 4 is 5.91 Å². The van der Waals surface area contributed by atoms with E-state index in [4.69, 9.17) is 4.74 Å². The summed E-state index contributed by atoms with van der Waals surface area (Å²) in [5, 5.41) is 6.33. The fraction of sp³-hybridized carbons (Fsp3) is 0.231. The molecule has 1 aromatic carbocycles. The molecular formula is C13H14N2O3. The number of carbonyl (C=O) groups excluding carboxylic acids is 1. The standard InChI is InChI=1S/C13H14N2O3/c1-17-11-4-2-3-10(9-11)5-7-14-13(16)12-6-8-18-15-12/h2-4,6,8-9H,5,7H2,1H3,(H,14,16). The van der Waals surface area contributed by atoms with Gasteiger partial charge in [-0.1, -0.05) is 17.3 Å². The van der Waals surface area contributed by atoms with E-state index in [0.717, 1.165) is 17.7 Å². The Morgan fingerprint density at radius 3 is 3.06 bits per heavy atom. The number of methoxy groups -OCH3 is 1. The van der Waals surface area contributed by atoms with Crippen LogP contribution in [-0.4, -0.2) is 24.7 Å². The number of amides is 1. The molecule has 0 bridgehead atoms. The summed E-state index contributed by atoms with van der Waals surface area (Å²) in [5.74, 6) is 0.585. The summed E-state index contributed by atoms with van der Waals surface area (Å²) in [6.07, 6.45) is 2.11. The second kappa shape index (κ2) is 5.86. The van der Waals surface area contributed by atoms with Crippen LogP contribution in [0, 0.1) is 0 Å². The zero-order chi connectivity index (χ0) is 12.8. The van der Waals surface area contributed by atoms with Gasteiger partial charge < -0.3 is 14.6 Å². The lowest BCUT2D eigenvalue weighted by atomic mass is 10.1. The lowest BCUT2D eigenvalue weighted by Crippen LogP contribution is -2.25. The first-order valence-electron chi connectivity index (χ1n) is 5.61. The van der Waals surface area contributed by atoms with Crippen LogP contribution in [0.5, 0.6) is 5.75 Å². The fourth-order valence-electron chi connectivity index (χ4n) is 1.57. The van der Waals surface area contributed by atoms with Crippen LogP contribution in [0.4, 0.5) is 0 Å². The number of hydrogen-bond acceptors (Lipinski definition) is 4. The third-order valence-electron chi connectivity index (χ3n) is 2.50. The maximum absolute atomic E-state index is 11.6. The van der Waals surface area contributed by atoms with E-state index in [-0.39, 0.29) is 5.91 Å². The maximum atomic E-state index is 11.6. The first-order chi connectivity index (χ1) is 8.79. The molecule has 1 aromatic heterocycles. The molecule has 94 valence electrons. The number of nitrogens with zero attached hydrogens (tertiary/aromatic N) is 1. The Morgan fingerprint density at radius 1 is 1.44 bits per heavy atom. The van der Waals surface area contributed by atoms with Crippen molar-refractivity contribution in [3.8, 4) is 5.75 Å². The van der Waals surface area contributed by atoms with Gasteiger partial charge in [0.05, 0.1) is 7.11 Å². The van der Waals surface area contributed by atoms with Crippen LogP contribution in [0.1, 0.15) is 16.1 Å². The normalized spacial score (nSPS) is 10.1. The molecular weight excluding hydrogens is 232 g/mol. The van der Waals surface area contributed by atoms with Crippen molar-refractivity contribution in [2.75, 3.05) is 13.7 Å². The number of benzene rings is 1. The van der Waals surface area contributed by atoms with E-state index in [9.17, 15) is 4.79 Å². The van der Waals surface area contributed by atoms with Crippen molar-refractivity contribution < 1.29 is 14.1 Å². The average Bonchev–Trinajstić information content (AvgIpc) is 2.93. The minimum Gasteiger partial charge on any atom is -0.497 e. The van der Waals surface area contributed by atoms with Crippen molar-refractivity contribution in [1.82, 2.24) is 10.5 Å². The summed E-state index contributed by atoms with van der Waals surface area (Å²) in [6, 6.07) is 9.28. The first-order valence-corrected chi connectivity index (χ1v) is 5.61. The number of nitrogens with one attached hydrogen (secondary N) is 1. The Kier molecular flexibility index (Phi) is 3.96. The highest BCUT2D eigenvalue weighted by molar-refractivity contribution is 5.91. The molecule has 0 aliphatic rings. The maximum Gasteiger partial charge on any atom is 0.273 e. The van der Waals surface area contributed by atoms with Crippen LogP contribution in [0.15, 0.2) is 41.1 Å². The summed E-state index contributed by atoms with van der Waals surface area (Å²) in [5.41, 5.74) is 1.40. The second-order valence-corrected chi connectivity index (χ2v) is 3.74. The second-order valence-electron chi connectivity index (χ2n) is 3.74. The minimum absolute atomic E-state index is 0.230. The molecule has 0 unspecified atom stereocenters. The van der Waals surface area contributed by atoms with Gasteiger partial charge in [0.25, 0.3) is 5.91 Å². The molecule has 0 radical (unpaired) electrons. The summed E-state index contributed by atoms with van der Waals surface area (Å²) in [7, 11) is 1.63. The van der Waals surface area contributed by atoms with E-state index >= 15 is 0 Å². The van der Waals surface area contributed by atoms with Crippen LogP contribution >= 0.6 is 0 Å². The number of carbonyl (C=O) groups is 1. The molecule has 2 rings (SSSR count). The van der Waals surface area contributed by atoms with Gasteiger partial charge in [-0.05, 0) is 24.1 Å². The van der Waals surface area contributed by atoms with Crippen LogP contribution in [-0.2, 0) is 6.42 Å². The minimum atomic E-state index is -0.230. The molecule has 1 N–H and O–H groups in total. The molecule has 0 aliphatic carbocycles. The van der Waals surface area contributed by atoms with Crippen molar-refractivity contribution in [3.05, 3.63) is 47.9 Å². The molecule has 18 heavy (non-hydrogen) atoms. The van der Waals surface area contributed by atoms with E-state index in [0.29, 0.717) is 12.2 Å². The zero-order valence-electron chi connectivity index (χ0n) is 10.1. The van der Waals surface area contributed by atoms with E-state index < -0.39 is 0 Å². The summed E-state index contributed by atoms with van der Waals surface area (Å²) in [6.45, 7) is 0.541. The van der Waals surface area contributed by atoms with Crippen LogP contribution in [0.25, 0.3) is 0 Å². The number of ether oxygens (including phenoxy) is 1. The Morgan fingerprint density at radius 2 is 2.33 bits per heavy atom. The van der Waals surface area contributed by atoms with Crippen molar-refractivity contribution in [3.63, 3.8) is 0 Å². The van der Waals surface area contributed by atoms with Gasteiger partial charge in [0.1, 0.15) is 12.0 Å². The Labute approximate surface area is 105 Å². The molecule has 0 spiro atoms. The summed E-state index contributed by atoms with van der Waals surface area (Å²) >= 11 is 0. The highest BCUT2D eigenvalue weighted by Crippen LogP contribution is 2.12. The molecule has 0 aliphatic heterocycles. The van der Waals surface area contributed by atoms with Gasteiger partial charge in [0, 0.05) is 12.6 Å². The summed E-state index contributed by atoms with van der Waals surface area (Å²) in [4.78, 5) is 11.6. The van der Waals surface area contributed by atoms with Gasteiger partial charge in [-0.3, -0.25) is 4.79 Å². The van der Waals surface area contributed by atoms with E-state index in [1.54, 1.807) is 7.11 Å². The predicted octanol–water partition coefficient (Wildman–Crippen LogP) is 1.66. The molecule has 0 saturated heterocycles. The molecule has 0 fully saturated rings. The zero-order valence-corrected chi connectivity index (χ0v) is 10.1. The Bertz CT molecular complexity index is 509. The Hall–Kier alpha value is -2.30. The monoisotopic (exact) mass is 246 g/mol. The third kappa shape index (κ3) is 3.10. The quantitative estimate of drug-likeness (QED) is 0.871. The van der Waals surface area contributed by atoms with Crippen LogP contribution in [0.3, 0.4) is 0 Å². The molecule has 5 nitrogen and oxygen atoms in total. The van der Waals surface area contributed by atoms with Crippen molar-refractivity contribution in [1.29, 1.82) is 0 Å². The molecule has 0 atom stereocenters. The van der Waals surface area contributed by atoms with Crippen molar-refractivity contribution in [2.45, 2.75) is 6.42 Å². The lowest BCUT2D eigenvalue weighted by molar-refractivity contribution is 0.0945. The van der Waals surface area contributed by atoms with Gasteiger partial charge in [-0.25, -0.2) is 0 Å². The predicted molar refractivity (Wildman–Crippen MR) is 65.5 cm³/mol. The molecule has 5 heteroatoms. The first kappa shape index (κ1) is 12.2. The third-order valence-corrected chi connectivity index (χ3v) is 2.50. The number of rotatable bonds is 5. The lowest BCUT2D eigenvalue weighted by Gasteiger charge is -2.05. The highest BCUT2D eigenvalue weighted by atomic mass is 16.5. The Balaban J connectivity index is 1.83. The van der Waals surface area contributed by atoms with E-state index in [1.165, 1.54) is 12.3 Å².